The number of carbonyl (C=O) groups is 1. The minimum atomic E-state index is -0.114. The first-order valence-electron chi connectivity index (χ1n) is 8.95. The van der Waals surface area contributed by atoms with E-state index in [9.17, 15) is 4.79 Å². The molecule has 1 heterocycles. The number of ether oxygens (including phenoxy) is 2. The fraction of sp³-hybridized carbons (Fsp3) is 0.250. The van der Waals surface area contributed by atoms with Gasteiger partial charge in [-0.3, -0.25) is 4.79 Å². The van der Waals surface area contributed by atoms with E-state index in [1.165, 1.54) is 18.1 Å². The second-order valence-electron chi connectivity index (χ2n) is 6.23. The van der Waals surface area contributed by atoms with Crippen molar-refractivity contribution in [1.82, 2.24) is 20.2 Å². The quantitative estimate of drug-likeness (QED) is 0.586. The molecular weight excluding hydrogens is 372 g/mol. The third kappa shape index (κ3) is 5.07. The third-order valence-corrected chi connectivity index (χ3v) is 4.21. The van der Waals surface area contributed by atoms with Gasteiger partial charge < -0.3 is 14.8 Å². The molecule has 0 aliphatic rings. The lowest BCUT2D eigenvalue weighted by Crippen LogP contribution is -2.14. The van der Waals surface area contributed by atoms with E-state index in [0.29, 0.717) is 42.2 Å². The van der Waals surface area contributed by atoms with Crippen molar-refractivity contribution < 1.29 is 14.3 Å². The second-order valence-corrected chi connectivity index (χ2v) is 6.23. The van der Waals surface area contributed by atoms with Gasteiger partial charge in [0.2, 0.25) is 5.91 Å². The van der Waals surface area contributed by atoms with Gasteiger partial charge >= 0.3 is 0 Å². The summed E-state index contributed by atoms with van der Waals surface area (Å²) in [5.74, 6) is 0.915. The number of carbonyl (C=O) groups excluding carboxylic acids is 1. The molecule has 0 radical (unpaired) electrons. The summed E-state index contributed by atoms with van der Waals surface area (Å²) in [6, 6.07) is 12.6. The Morgan fingerprint density at radius 2 is 2.10 bits per heavy atom. The van der Waals surface area contributed by atoms with E-state index in [1.807, 2.05) is 25.1 Å². The van der Waals surface area contributed by atoms with Gasteiger partial charge in [-0.25, -0.2) is 4.68 Å². The van der Waals surface area contributed by atoms with Crippen molar-refractivity contribution in [3.05, 3.63) is 53.9 Å². The predicted octanol–water partition coefficient (Wildman–Crippen LogP) is 2.65. The number of aromatic nitrogens is 4. The van der Waals surface area contributed by atoms with Crippen LogP contribution in [0.1, 0.15) is 24.0 Å². The van der Waals surface area contributed by atoms with Crippen molar-refractivity contribution in [2.24, 2.45) is 0 Å². The predicted molar refractivity (Wildman–Crippen MR) is 105 cm³/mol. The number of hydrogen-bond acceptors (Lipinski definition) is 7. The van der Waals surface area contributed by atoms with E-state index in [1.54, 1.807) is 18.2 Å². The van der Waals surface area contributed by atoms with Crippen LogP contribution in [-0.2, 0) is 4.79 Å². The summed E-state index contributed by atoms with van der Waals surface area (Å²) in [6.07, 6.45) is 2.32. The van der Waals surface area contributed by atoms with E-state index in [2.05, 4.69) is 26.9 Å². The fourth-order valence-corrected chi connectivity index (χ4v) is 2.65. The Hall–Kier alpha value is -3.93. The molecule has 0 fully saturated rings. The van der Waals surface area contributed by atoms with Crippen molar-refractivity contribution in [1.29, 1.82) is 5.26 Å². The molecule has 3 rings (SSSR count). The first kappa shape index (κ1) is 19.8. The molecule has 0 spiro atoms. The summed E-state index contributed by atoms with van der Waals surface area (Å²) in [7, 11) is 1.52. The zero-order valence-electron chi connectivity index (χ0n) is 16.1. The molecular formula is C20H20N6O3. The van der Waals surface area contributed by atoms with Crippen LogP contribution in [0.25, 0.3) is 5.69 Å². The molecule has 9 heteroatoms. The molecule has 3 aromatic rings. The van der Waals surface area contributed by atoms with Crippen LogP contribution in [0.5, 0.6) is 11.5 Å². The van der Waals surface area contributed by atoms with Gasteiger partial charge in [-0.1, -0.05) is 6.07 Å². The van der Waals surface area contributed by atoms with Crippen molar-refractivity contribution in [2.45, 2.75) is 19.8 Å². The number of amides is 1. The van der Waals surface area contributed by atoms with Gasteiger partial charge in [-0.15, -0.1) is 5.10 Å². The summed E-state index contributed by atoms with van der Waals surface area (Å²) < 4.78 is 12.4. The van der Waals surface area contributed by atoms with Gasteiger partial charge in [0.05, 0.1) is 31.0 Å². The van der Waals surface area contributed by atoms with Gasteiger partial charge in [0, 0.05) is 18.2 Å². The van der Waals surface area contributed by atoms with Gasteiger partial charge in [0.1, 0.15) is 6.33 Å². The maximum atomic E-state index is 12.3. The number of anilines is 1. The lowest BCUT2D eigenvalue weighted by Gasteiger charge is -2.12. The standard InChI is InChI=1S/C20H20N6O3/c1-14-5-7-16(26-13-22-24-25-26)11-17(14)23-20(27)4-3-9-29-18-8-6-15(12-21)10-19(18)28-2/h5-8,10-11,13H,3-4,9H2,1-2H3,(H,23,27). The summed E-state index contributed by atoms with van der Waals surface area (Å²) >= 11 is 0. The molecule has 1 amide bonds. The molecule has 0 aliphatic carbocycles. The lowest BCUT2D eigenvalue weighted by atomic mass is 10.1. The summed E-state index contributed by atoms with van der Waals surface area (Å²) in [5, 5.41) is 22.9. The van der Waals surface area contributed by atoms with Crippen LogP contribution in [0.15, 0.2) is 42.7 Å². The Kier molecular flexibility index (Phi) is 6.37. The SMILES string of the molecule is COc1cc(C#N)ccc1OCCCC(=O)Nc1cc(-n2cnnn2)ccc1C. The van der Waals surface area contributed by atoms with Gasteiger partial charge in [-0.2, -0.15) is 5.26 Å². The topological polar surface area (TPSA) is 115 Å². The molecule has 29 heavy (non-hydrogen) atoms. The van der Waals surface area contributed by atoms with Crippen LogP contribution in [0.4, 0.5) is 5.69 Å². The van der Waals surface area contributed by atoms with Crippen LogP contribution < -0.4 is 14.8 Å². The van der Waals surface area contributed by atoms with Crippen LogP contribution in [0, 0.1) is 18.3 Å². The molecule has 1 aromatic heterocycles. The first-order valence-corrected chi connectivity index (χ1v) is 8.95. The van der Waals surface area contributed by atoms with Crippen LogP contribution >= 0.6 is 0 Å². The highest BCUT2D eigenvalue weighted by atomic mass is 16.5. The molecule has 2 aromatic carbocycles. The average Bonchev–Trinajstić information content (AvgIpc) is 3.27. The molecule has 0 saturated heterocycles. The number of nitriles is 1. The van der Waals surface area contributed by atoms with Gasteiger partial charge in [-0.05, 0) is 53.6 Å². The van der Waals surface area contributed by atoms with Crippen LogP contribution in [0.3, 0.4) is 0 Å². The summed E-state index contributed by atoms with van der Waals surface area (Å²) in [6.45, 7) is 2.26. The molecule has 148 valence electrons. The Morgan fingerprint density at radius 3 is 2.83 bits per heavy atom. The molecule has 0 bridgehead atoms. The highest BCUT2D eigenvalue weighted by molar-refractivity contribution is 5.91. The van der Waals surface area contributed by atoms with E-state index in [0.717, 1.165) is 11.3 Å². The summed E-state index contributed by atoms with van der Waals surface area (Å²) in [4.78, 5) is 12.3. The molecule has 9 nitrogen and oxygen atoms in total. The van der Waals surface area contributed by atoms with E-state index >= 15 is 0 Å². The zero-order valence-corrected chi connectivity index (χ0v) is 16.1. The molecule has 0 aliphatic heterocycles. The minimum absolute atomic E-state index is 0.114. The third-order valence-electron chi connectivity index (χ3n) is 4.21. The minimum Gasteiger partial charge on any atom is -0.493 e. The van der Waals surface area contributed by atoms with E-state index in [4.69, 9.17) is 14.7 Å². The maximum Gasteiger partial charge on any atom is 0.224 e. The number of aryl methyl sites for hydroxylation is 1. The number of nitrogens with one attached hydrogen (secondary N) is 1. The molecule has 0 atom stereocenters. The molecule has 1 N–H and O–H groups in total. The Labute approximate surface area is 167 Å². The van der Waals surface area contributed by atoms with Crippen molar-refractivity contribution in [3.63, 3.8) is 0 Å². The fourth-order valence-electron chi connectivity index (χ4n) is 2.65. The number of nitrogens with zero attached hydrogens (tertiary/aromatic N) is 5. The van der Waals surface area contributed by atoms with Crippen molar-refractivity contribution in [3.8, 4) is 23.3 Å². The maximum absolute atomic E-state index is 12.3. The normalized spacial score (nSPS) is 10.2. The van der Waals surface area contributed by atoms with E-state index in [-0.39, 0.29) is 5.91 Å². The highest BCUT2D eigenvalue weighted by Gasteiger charge is 2.09. The second kappa shape index (κ2) is 9.32. The van der Waals surface area contributed by atoms with Gasteiger partial charge in [0.25, 0.3) is 0 Å². The van der Waals surface area contributed by atoms with Crippen LogP contribution in [0.2, 0.25) is 0 Å². The highest BCUT2D eigenvalue weighted by Crippen LogP contribution is 2.28. The van der Waals surface area contributed by atoms with Crippen LogP contribution in [-0.4, -0.2) is 39.8 Å². The monoisotopic (exact) mass is 392 g/mol. The van der Waals surface area contributed by atoms with Crippen molar-refractivity contribution in [2.75, 3.05) is 19.0 Å². The smallest absolute Gasteiger partial charge is 0.224 e. The molecule has 0 unspecified atom stereocenters. The Balaban J connectivity index is 1.52. The van der Waals surface area contributed by atoms with Gasteiger partial charge in [0.15, 0.2) is 11.5 Å². The number of hydrogen-bond donors (Lipinski definition) is 1. The number of tetrazole rings is 1. The largest absolute Gasteiger partial charge is 0.493 e. The lowest BCUT2D eigenvalue weighted by molar-refractivity contribution is -0.116. The van der Waals surface area contributed by atoms with Crippen molar-refractivity contribution >= 4 is 11.6 Å². The molecule has 0 saturated carbocycles. The number of benzene rings is 2. The summed E-state index contributed by atoms with van der Waals surface area (Å²) in [5.41, 5.74) is 2.89. The number of methoxy groups -OCH3 is 1. The zero-order chi connectivity index (χ0) is 20.6. The Bertz CT molecular complexity index is 1030. The number of rotatable bonds is 8. The average molecular weight is 392 g/mol. The van der Waals surface area contributed by atoms with E-state index < -0.39 is 0 Å². The Morgan fingerprint density at radius 1 is 1.24 bits per heavy atom. The first-order chi connectivity index (χ1) is 14.1.